The number of amides is 2. The van der Waals surface area contributed by atoms with Gasteiger partial charge in [-0.05, 0) is 98.9 Å². The predicted molar refractivity (Wildman–Crippen MR) is 149 cm³/mol. The molecule has 2 aromatic rings. The summed E-state index contributed by atoms with van der Waals surface area (Å²) in [5.41, 5.74) is -1.67. The number of likely N-dealkylation sites (tertiary alicyclic amines) is 1. The molecule has 6 nitrogen and oxygen atoms in total. The summed E-state index contributed by atoms with van der Waals surface area (Å²) in [5.74, 6) is 0.422. The van der Waals surface area contributed by atoms with Crippen LogP contribution in [-0.2, 0) is 10.4 Å². The maximum Gasteiger partial charge on any atom is 0.430 e. The highest BCUT2D eigenvalue weighted by Crippen LogP contribution is 2.45. The Labute approximate surface area is 239 Å². The van der Waals surface area contributed by atoms with Crippen molar-refractivity contribution in [2.24, 2.45) is 11.8 Å². The van der Waals surface area contributed by atoms with Crippen LogP contribution in [0.3, 0.4) is 0 Å². The maximum absolute atomic E-state index is 14.2. The summed E-state index contributed by atoms with van der Waals surface area (Å²) in [6, 6.07) is 11.3. The molecule has 0 radical (unpaired) electrons. The first-order valence-corrected chi connectivity index (χ1v) is 14.5. The summed E-state index contributed by atoms with van der Waals surface area (Å²) in [5, 5.41) is 10.9. The van der Waals surface area contributed by atoms with Gasteiger partial charge in [-0.25, -0.2) is 0 Å². The van der Waals surface area contributed by atoms with Gasteiger partial charge in [-0.15, -0.1) is 0 Å². The molecule has 3 aliphatic rings. The molecule has 0 aromatic heterocycles. The standard InChI is InChI=1S/C32H39F3N2O4/c1-20-15-26(9-10-28(20)29(38)36(2)3)41-27-17-22(18-27)16-21-11-13-37(14-12-21)30(39)31(40,32(33,34)35)25-6-4-5-24(19-25)23-7-8-23/h4-6,9-10,15,19,21-23,27,40H,7-8,11-14,16-18H2,1-3H3/t22?,27?,31-/m1/s1. The second kappa shape index (κ2) is 11.3. The van der Waals surface area contributed by atoms with Gasteiger partial charge in [0.05, 0.1) is 6.10 Å². The van der Waals surface area contributed by atoms with Gasteiger partial charge in [0.1, 0.15) is 5.75 Å². The number of piperidine rings is 1. The third kappa shape index (κ3) is 6.10. The summed E-state index contributed by atoms with van der Waals surface area (Å²) in [6.07, 6.45) is 0.794. The van der Waals surface area contributed by atoms with Crippen LogP contribution in [0.5, 0.6) is 5.75 Å². The van der Waals surface area contributed by atoms with E-state index < -0.39 is 23.2 Å². The number of aliphatic hydroxyl groups is 1. The summed E-state index contributed by atoms with van der Waals surface area (Å²) in [6.45, 7) is 2.30. The van der Waals surface area contributed by atoms with Gasteiger partial charge in [0.15, 0.2) is 0 Å². The normalized spacial score (nSPS) is 23.0. The van der Waals surface area contributed by atoms with Gasteiger partial charge in [0.2, 0.25) is 0 Å². The lowest BCUT2D eigenvalue weighted by Gasteiger charge is -2.41. The number of nitrogens with zero attached hydrogens (tertiary/aromatic N) is 2. The molecule has 1 aliphatic heterocycles. The molecule has 1 heterocycles. The Bertz CT molecular complexity index is 1280. The van der Waals surface area contributed by atoms with Crippen LogP contribution in [0.15, 0.2) is 42.5 Å². The third-order valence-electron chi connectivity index (χ3n) is 8.97. The highest BCUT2D eigenvalue weighted by molar-refractivity contribution is 5.95. The van der Waals surface area contributed by atoms with E-state index in [1.165, 1.54) is 23.1 Å². The number of halogens is 3. The largest absolute Gasteiger partial charge is 0.490 e. The fraction of sp³-hybridized carbons (Fsp3) is 0.562. The second-order valence-corrected chi connectivity index (χ2v) is 12.3. The Kier molecular flexibility index (Phi) is 8.12. The van der Waals surface area contributed by atoms with Crippen molar-refractivity contribution in [2.75, 3.05) is 27.2 Å². The lowest BCUT2D eigenvalue weighted by atomic mass is 9.74. The Hall–Kier alpha value is -3.07. The fourth-order valence-corrected chi connectivity index (χ4v) is 6.26. The van der Waals surface area contributed by atoms with Crippen molar-refractivity contribution in [3.8, 4) is 5.75 Å². The van der Waals surface area contributed by atoms with Gasteiger partial charge in [-0.1, -0.05) is 24.3 Å². The first-order chi connectivity index (χ1) is 19.4. The number of alkyl halides is 3. The summed E-state index contributed by atoms with van der Waals surface area (Å²) >= 11 is 0. The minimum Gasteiger partial charge on any atom is -0.490 e. The molecule has 2 saturated carbocycles. The highest BCUT2D eigenvalue weighted by Gasteiger charge is 2.62. The van der Waals surface area contributed by atoms with Crippen molar-refractivity contribution < 1.29 is 32.6 Å². The molecule has 0 bridgehead atoms. The number of carbonyl (C=O) groups is 2. The molecule has 222 valence electrons. The SMILES string of the molecule is Cc1cc(OC2CC(CC3CCN(C(=O)[C@](O)(c4cccc(C5CC5)c4)C(F)(F)F)CC3)C2)ccc1C(=O)N(C)C. The van der Waals surface area contributed by atoms with E-state index in [1.54, 1.807) is 31.1 Å². The van der Waals surface area contributed by atoms with Gasteiger partial charge < -0.3 is 19.6 Å². The van der Waals surface area contributed by atoms with Crippen molar-refractivity contribution in [3.63, 3.8) is 0 Å². The lowest BCUT2D eigenvalue weighted by Crippen LogP contribution is -2.57. The first-order valence-electron chi connectivity index (χ1n) is 14.5. The number of rotatable bonds is 8. The number of aryl methyl sites for hydroxylation is 1. The zero-order valence-corrected chi connectivity index (χ0v) is 23.9. The molecular weight excluding hydrogens is 533 g/mol. The van der Waals surface area contributed by atoms with Crippen LogP contribution in [0, 0.1) is 18.8 Å². The fourth-order valence-electron chi connectivity index (χ4n) is 6.26. The molecule has 1 saturated heterocycles. The molecule has 9 heteroatoms. The number of ether oxygens (including phenoxy) is 1. The minimum absolute atomic E-state index is 0.0450. The third-order valence-corrected chi connectivity index (χ3v) is 8.97. The molecule has 2 aliphatic carbocycles. The van der Waals surface area contributed by atoms with E-state index in [0.29, 0.717) is 30.2 Å². The van der Waals surface area contributed by atoms with E-state index in [-0.39, 0.29) is 31.0 Å². The number of hydrogen-bond donors (Lipinski definition) is 1. The van der Waals surface area contributed by atoms with E-state index in [1.807, 2.05) is 19.1 Å². The van der Waals surface area contributed by atoms with Crippen molar-refractivity contribution in [1.29, 1.82) is 0 Å². The molecule has 0 spiro atoms. The molecule has 5 rings (SSSR count). The highest BCUT2D eigenvalue weighted by atomic mass is 19.4. The summed E-state index contributed by atoms with van der Waals surface area (Å²) < 4.78 is 48.8. The van der Waals surface area contributed by atoms with Gasteiger partial charge in [-0.3, -0.25) is 9.59 Å². The van der Waals surface area contributed by atoms with Crippen LogP contribution in [0.4, 0.5) is 13.2 Å². The first kappa shape index (κ1) is 29.4. The van der Waals surface area contributed by atoms with E-state index in [9.17, 15) is 27.9 Å². The molecule has 2 amide bonds. The van der Waals surface area contributed by atoms with Crippen LogP contribution in [0.1, 0.15) is 77.9 Å². The van der Waals surface area contributed by atoms with Crippen LogP contribution < -0.4 is 4.74 Å². The Balaban J connectivity index is 1.12. The zero-order chi connectivity index (χ0) is 29.5. The van der Waals surface area contributed by atoms with E-state index in [0.717, 1.165) is 49.0 Å². The Morgan fingerprint density at radius 2 is 1.68 bits per heavy atom. The minimum atomic E-state index is -5.12. The monoisotopic (exact) mass is 572 g/mol. The van der Waals surface area contributed by atoms with Crippen LogP contribution in [-0.4, -0.2) is 66.2 Å². The average Bonchev–Trinajstić information content (AvgIpc) is 3.76. The van der Waals surface area contributed by atoms with Gasteiger partial charge in [0, 0.05) is 38.3 Å². The lowest BCUT2D eigenvalue weighted by molar-refractivity contribution is -0.262. The van der Waals surface area contributed by atoms with Crippen molar-refractivity contribution in [2.45, 2.75) is 75.7 Å². The number of hydrogen-bond acceptors (Lipinski definition) is 4. The maximum atomic E-state index is 14.2. The molecule has 1 N–H and O–H groups in total. The van der Waals surface area contributed by atoms with E-state index in [2.05, 4.69) is 0 Å². The number of benzene rings is 2. The average molecular weight is 573 g/mol. The van der Waals surface area contributed by atoms with Gasteiger partial charge in [0.25, 0.3) is 17.4 Å². The second-order valence-electron chi connectivity index (χ2n) is 12.3. The van der Waals surface area contributed by atoms with Crippen molar-refractivity contribution in [1.82, 2.24) is 9.80 Å². The van der Waals surface area contributed by atoms with Crippen LogP contribution in [0.25, 0.3) is 0 Å². The molecule has 1 atom stereocenters. The predicted octanol–water partition coefficient (Wildman–Crippen LogP) is 5.81. The number of carbonyl (C=O) groups excluding carboxylic acids is 2. The van der Waals surface area contributed by atoms with Gasteiger partial charge >= 0.3 is 6.18 Å². The van der Waals surface area contributed by atoms with Gasteiger partial charge in [-0.2, -0.15) is 13.2 Å². The molecule has 41 heavy (non-hydrogen) atoms. The molecule has 2 aromatic carbocycles. The topological polar surface area (TPSA) is 70.1 Å². The molecular formula is C32H39F3N2O4. The summed E-state index contributed by atoms with van der Waals surface area (Å²) in [4.78, 5) is 28.2. The van der Waals surface area contributed by atoms with Crippen LogP contribution in [0.2, 0.25) is 0 Å². The Morgan fingerprint density at radius 3 is 2.27 bits per heavy atom. The van der Waals surface area contributed by atoms with Crippen molar-refractivity contribution in [3.05, 3.63) is 64.7 Å². The molecule has 0 unspecified atom stereocenters. The zero-order valence-electron chi connectivity index (χ0n) is 23.9. The van der Waals surface area contributed by atoms with E-state index in [4.69, 9.17) is 4.74 Å². The smallest absolute Gasteiger partial charge is 0.430 e. The van der Waals surface area contributed by atoms with E-state index >= 15 is 0 Å². The van der Waals surface area contributed by atoms with Crippen molar-refractivity contribution >= 4 is 11.8 Å². The van der Waals surface area contributed by atoms with Crippen LogP contribution >= 0.6 is 0 Å². The quantitative estimate of drug-likeness (QED) is 0.434. The Morgan fingerprint density at radius 1 is 1.00 bits per heavy atom. The summed E-state index contributed by atoms with van der Waals surface area (Å²) in [7, 11) is 3.44. The molecule has 3 fully saturated rings.